The van der Waals surface area contributed by atoms with Gasteiger partial charge in [0.25, 0.3) is 0 Å². The molecular formula is C22H24Cl2N2O2S. The van der Waals surface area contributed by atoms with Crippen LogP contribution in [0.1, 0.15) is 37.7 Å². The zero-order valence-electron chi connectivity index (χ0n) is 16.3. The fraction of sp³-hybridized carbons (Fsp3) is 0.364. The predicted molar refractivity (Wildman–Crippen MR) is 119 cm³/mol. The third kappa shape index (κ3) is 3.81. The van der Waals surface area contributed by atoms with Crippen LogP contribution in [0.2, 0.25) is 10.0 Å². The van der Waals surface area contributed by atoms with E-state index in [1.54, 1.807) is 18.2 Å². The fourth-order valence-electron chi connectivity index (χ4n) is 4.29. The summed E-state index contributed by atoms with van der Waals surface area (Å²) < 4.78 is 30.1. The molecule has 3 aromatic rings. The first kappa shape index (κ1) is 20.7. The molecule has 1 aliphatic rings. The molecule has 0 radical (unpaired) electrons. The monoisotopic (exact) mass is 450 g/mol. The second kappa shape index (κ2) is 8.31. The molecule has 0 amide bonds. The van der Waals surface area contributed by atoms with E-state index in [0.717, 1.165) is 25.8 Å². The van der Waals surface area contributed by atoms with Crippen molar-refractivity contribution in [2.24, 2.45) is 0 Å². The van der Waals surface area contributed by atoms with Crippen LogP contribution in [0.5, 0.6) is 0 Å². The Hall–Kier alpha value is -1.53. The number of para-hydroxylation sites is 1. The van der Waals surface area contributed by atoms with Crippen LogP contribution < -0.4 is 0 Å². The van der Waals surface area contributed by atoms with Crippen molar-refractivity contribution >= 4 is 44.1 Å². The lowest BCUT2D eigenvalue weighted by atomic mass is 9.90. The molecule has 29 heavy (non-hydrogen) atoms. The normalized spacial score (nSPS) is 16.5. The minimum absolute atomic E-state index is 0.0151. The van der Waals surface area contributed by atoms with Crippen LogP contribution in [0.25, 0.3) is 10.9 Å². The summed E-state index contributed by atoms with van der Waals surface area (Å²) in [6.45, 7) is 4.08. The number of nitrogens with zero attached hydrogens (tertiary/aromatic N) is 2. The fourth-order valence-corrected chi connectivity index (χ4v) is 6.85. The summed E-state index contributed by atoms with van der Waals surface area (Å²) in [6.07, 6.45) is 4.89. The summed E-state index contributed by atoms with van der Waals surface area (Å²) >= 11 is 12.3. The zero-order chi connectivity index (χ0) is 20.6. The maximum atomic E-state index is 13.1. The maximum absolute atomic E-state index is 13.1. The van der Waals surface area contributed by atoms with Gasteiger partial charge in [-0.25, -0.2) is 8.42 Å². The van der Waals surface area contributed by atoms with Crippen molar-refractivity contribution in [3.05, 3.63) is 64.3 Å². The quantitative estimate of drug-likeness (QED) is 0.483. The van der Waals surface area contributed by atoms with Gasteiger partial charge in [-0.3, -0.25) is 0 Å². The van der Waals surface area contributed by atoms with Crippen molar-refractivity contribution in [3.8, 4) is 0 Å². The molecule has 1 aromatic heterocycles. The minimum Gasteiger partial charge on any atom is -0.347 e. The lowest BCUT2D eigenvalue weighted by Gasteiger charge is -2.31. The van der Waals surface area contributed by atoms with E-state index in [1.165, 1.54) is 20.8 Å². The predicted octanol–water partition coefficient (Wildman–Crippen LogP) is 5.93. The number of benzene rings is 2. The highest BCUT2D eigenvalue weighted by Gasteiger charge is 2.33. The molecule has 0 unspecified atom stereocenters. The van der Waals surface area contributed by atoms with Crippen molar-refractivity contribution < 1.29 is 8.42 Å². The Balaban J connectivity index is 1.58. The van der Waals surface area contributed by atoms with Crippen LogP contribution in [-0.4, -0.2) is 30.4 Å². The van der Waals surface area contributed by atoms with E-state index < -0.39 is 10.0 Å². The first-order valence-corrected chi connectivity index (χ1v) is 12.1. The molecule has 7 heteroatoms. The van der Waals surface area contributed by atoms with Crippen LogP contribution in [-0.2, 0) is 16.6 Å². The Bertz CT molecular complexity index is 1110. The van der Waals surface area contributed by atoms with E-state index in [1.807, 2.05) is 0 Å². The summed E-state index contributed by atoms with van der Waals surface area (Å²) in [5, 5.41) is 1.61. The summed E-state index contributed by atoms with van der Waals surface area (Å²) in [4.78, 5) is 0.0151. The van der Waals surface area contributed by atoms with Crippen molar-refractivity contribution in [1.82, 2.24) is 8.87 Å². The smallest absolute Gasteiger partial charge is 0.246 e. The highest BCUT2D eigenvalue weighted by atomic mass is 35.5. The number of hydrogen-bond donors (Lipinski definition) is 0. The van der Waals surface area contributed by atoms with Crippen LogP contribution in [0.15, 0.2) is 53.6 Å². The van der Waals surface area contributed by atoms with Crippen LogP contribution >= 0.6 is 23.2 Å². The zero-order valence-corrected chi connectivity index (χ0v) is 18.6. The Labute approximate surface area is 182 Å². The molecule has 0 spiro atoms. The van der Waals surface area contributed by atoms with E-state index in [-0.39, 0.29) is 14.9 Å². The molecule has 4 rings (SSSR count). The number of rotatable bonds is 5. The molecule has 154 valence electrons. The molecule has 0 atom stereocenters. The molecule has 0 N–H and O–H groups in total. The van der Waals surface area contributed by atoms with E-state index in [4.69, 9.17) is 23.2 Å². The van der Waals surface area contributed by atoms with Crippen LogP contribution in [0.3, 0.4) is 0 Å². The van der Waals surface area contributed by atoms with Crippen molar-refractivity contribution in [1.29, 1.82) is 0 Å². The average molecular weight is 451 g/mol. The van der Waals surface area contributed by atoms with Crippen molar-refractivity contribution in [2.45, 2.75) is 43.5 Å². The molecule has 1 aliphatic heterocycles. The van der Waals surface area contributed by atoms with Gasteiger partial charge in [-0.1, -0.05) is 54.4 Å². The second-order valence-corrected chi connectivity index (χ2v) is 10.2. The first-order chi connectivity index (χ1) is 13.9. The molecule has 0 saturated carbocycles. The summed E-state index contributed by atoms with van der Waals surface area (Å²) in [7, 11) is -3.71. The molecule has 1 fully saturated rings. The molecule has 1 saturated heterocycles. The molecule has 0 bridgehead atoms. The Kier molecular flexibility index (Phi) is 5.94. The highest BCUT2D eigenvalue weighted by Crippen LogP contribution is 2.38. The number of piperidine rings is 1. The maximum Gasteiger partial charge on any atom is 0.246 e. The van der Waals surface area contributed by atoms with Gasteiger partial charge in [-0.2, -0.15) is 4.31 Å². The van der Waals surface area contributed by atoms with E-state index in [9.17, 15) is 8.42 Å². The van der Waals surface area contributed by atoms with Crippen LogP contribution in [0, 0.1) is 0 Å². The summed E-state index contributed by atoms with van der Waals surface area (Å²) in [5.74, 6) is 0.339. The van der Waals surface area contributed by atoms with Gasteiger partial charge in [0.2, 0.25) is 10.0 Å². The molecule has 2 aromatic carbocycles. The van der Waals surface area contributed by atoms with Gasteiger partial charge in [-0.15, -0.1) is 0 Å². The first-order valence-electron chi connectivity index (χ1n) is 9.95. The Morgan fingerprint density at radius 2 is 1.66 bits per heavy atom. The van der Waals surface area contributed by atoms with Gasteiger partial charge in [-0.05, 0) is 48.9 Å². The SMILES string of the molecule is CCCn1cc(C2CCN(S(=O)(=O)c3c(Cl)cccc3Cl)CC2)c2ccccc21. The number of sulfonamides is 1. The molecule has 0 aliphatic carbocycles. The second-order valence-electron chi connectivity index (χ2n) is 7.52. The van der Waals surface area contributed by atoms with Crippen LogP contribution in [0.4, 0.5) is 0 Å². The van der Waals surface area contributed by atoms with Gasteiger partial charge in [0.15, 0.2) is 0 Å². The Morgan fingerprint density at radius 3 is 2.31 bits per heavy atom. The van der Waals surface area contributed by atoms with E-state index >= 15 is 0 Å². The van der Waals surface area contributed by atoms with E-state index in [0.29, 0.717) is 19.0 Å². The van der Waals surface area contributed by atoms with Gasteiger partial charge in [0.1, 0.15) is 4.90 Å². The van der Waals surface area contributed by atoms with Gasteiger partial charge in [0, 0.05) is 36.7 Å². The largest absolute Gasteiger partial charge is 0.347 e. The van der Waals surface area contributed by atoms with E-state index in [2.05, 4.69) is 42.0 Å². The number of halogens is 2. The third-order valence-corrected chi connectivity index (χ3v) is 8.55. The minimum atomic E-state index is -3.71. The molecule has 2 heterocycles. The summed E-state index contributed by atoms with van der Waals surface area (Å²) in [5.41, 5.74) is 2.57. The molecular weight excluding hydrogens is 427 g/mol. The topological polar surface area (TPSA) is 42.3 Å². The molecule has 4 nitrogen and oxygen atoms in total. The lowest BCUT2D eigenvalue weighted by molar-refractivity contribution is 0.320. The van der Waals surface area contributed by atoms with Gasteiger partial charge in [0.05, 0.1) is 10.0 Å². The third-order valence-electron chi connectivity index (χ3n) is 5.69. The van der Waals surface area contributed by atoms with Gasteiger partial charge < -0.3 is 4.57 Å². The number of fused-ring (bicyclic) bond motifs is 1. The van der Waals surface area contributed by atoms with Gasteiger partial charge >= 0.3 is 0 Å². The number of aromatic nitrogens is 1. The average Bonchev–Trinajstić information content (AvgIpc) is 3.07. The van der Waals surface area contributed by atoms with Crippen molar-refractivity contribution in [2.75, 3.05) is 13.1 Å². The Morgan fingerprint density at radius 1 is 1.00 bits per heavy atom. The highest BCUT2D eigenvalue weighted by molar-refractivity contribution is 7.89. The standard InChI is InChI=1S/C22H24Cl2N2O2S/c1-2-12-25-15-18(17-6-3-4-9-21(17)25)16-10-13-26(14-11-16)29(27,28)22-19(23)7-5-8-20(22)24/h3-9,15-16H,2,10-14H2,1H3. The number of hydrogen-bond acceptors (Lipinski definition) is 2. The van der Waals surface area contributed by atoms with Crippen molar-refractivity contribution in [3.63, 3.8) is 0 Å². The summed E-state index contributed by atoms with van der Waals surface area (Å²) in [6, 6.07) is 13.3. The lowest BCUT2D eigenvalue weighted by Crippen LogP contribution is -2.38. The number of aryl methyl sites for hydroxylation is 1.